The molecule has 0 bridgehead atoms. The van der Waals surface area contributed by atoms with Crippen molar-refractivity contribution in [1.82, 2.24) is 5.32 Å². The number of nitrogens with one attached hydrogen (secondary N) is 1. The Bertz CT molecular complexity index is 1140. The fourth-order valence-electron chi connectivity index (χ4n) is 3.60. The van der Waals surface area contributed by atoms with E-state index in [1.54, 1.807) is 7.11 Å². The molecule has 1 aliphatic heterocycles. The van der Waals surface area contributed by atoms with Crippen molar-refractivity contribution in [3.05, 3.63) is 83.2 Å². The first-order valence-electron chi connectivity index (χ1n) is 8.87. The first-order chi connectivity index (χ1) is 13.6. The van der Waals surface area contributed by atoms with Gasteiger partial charge in [-0.2, -0.15) is 5.26 Å². The van der Waals surface area contributed by atoms with Crippen molar-refractivity contribution in [3.63, 3.8) is 0 Å². The monoisotopic (exact) mass is 370 g/mol. The van der Waals surface area contributed by atoms with E-state index >= 15 is 0 Å². The number of hydrogen-bond acceptors (Lipinski definition) is 4. The van der Waals surface area contributed by atoms with Crippen LogP contribution in [0.5, 0.6) is 11.5 Å². The number of rotatable bonds is 3. The van der Waals surface area contributed by atoms with Gasteiger partial charge in [0.1, 0.15) is 23.1 Å². The van der Waals surface area contributed by atoms with Gasteiger partial charge in [0.25, 0.3) is 0 Å². The molecule has 1 amide bonds. The van der Waals surface area contributed by atoms with Crippen LogP contribution in [-0.2, 0) is 4.79 Å². The number of fused-ring (bicyclic) bond motifs is 3. The van der Waals surface area contributed by atoms with Crippen molar-refractivity contribution >= 4 is 16.7 Å². The van der Waals surface area contributed by atoms with Crippen molar-refractivity contribution in [2.75, 3.05) is 7.11 Å². The van der Waals surface area contributed by atoms with Crippen LogP contribution in [0, 0.1) is 11.3 Å². The fourth-order valence-corrected chi connectivity index (χ4v) is 3.60. The predicted octanol–water partition coefficient (Wildman–Crippen LogP) is 4.24. The van der Waals surface area contributed by atoms with Gasteiger partial charge in [0, 0.05) is 12.5 Å². The lowest BCUT2D eigenvalue weighted by atomic mass is 9.81. The van der Waals surface area contributed by atoms with Crippen LogP contribution in [0.4, 0.5) is 0 Å². The molecule has 3 aromatic carbocycles. The summed E-state index contributed by atoms with van der Waals surface area (Å²) in [5.41, 5.74) is 2.19. The topological polar surface area (TPSA) is 71.3 Å². The number of carbonyl (C=O) groups is 1. The highest BCUT2D eigenvalue weighted by Crippen LogP contribution is 2.46. The number of nitriles is 1. The Hall–Kier alpha value is -3.78. The molecule has 1 N–H and O–H groups in total. The minimum Gasteiger partial charge on any atom is -0.497 e. The van der Waals surface area contributed by atoms with E-state index in [-0.39, 0.29) is 17.7 Å². The van der Waals surface area contributed by atoms with Gasteiger partial charge in [0.05, 0.1) is 13.0 Å². The minimum atomic E-state index is -0.368. The van der Waals surface area contributed by atoms with E-state index in [2.05, 4.69) is 11.4 Å². The van der Waals surface area contributed by atoms with Gasteiger partial charge in [0.15, 0.2) is 0 Å². The number of ether oxygens (including phenoxy) is 2. The maximum absolute atomic E-state index is 11.7. The molecule has 0 spiro atoms. The molecule has 4 rings (SSSR count). The molecular formula is C23H18N2O3. The maximum Gasteiger partial charge on any atom is 0.223 e. The van der Waals surface area contributed by atoms with Gasteiger partial charge in [-0.05, 0) is 34.5 Å². The standard InChI is InChI=1S/C23H18N2O3/c1-14(26)25-23-19(13-24)21(16-7-10-17(27-2)11-8-16)22-18-6-4-3-5-15(18)9-12-20(22)28-23/h3-12,21H,1-2H3,(H,25,26). The first-order valence-corrected chi connectivity index (χ1v) is 8.87. The molecule has 28 heavy (non-hydrogen) atoms. The molecule has 0 aliphatic carbocycles. The summed E-state index contributed by atoms with van der Waals surface area (Å²) in [5, 5.41) is 14.7. The second-order valence-electron chi connectivity index (χ2n) is 6.54. The van der Waals surface area contributed by atoms with Crippen LogP contribution >= 0.6 is 0 Å². The van der Waals surface area contributed by atoms with Gasteiger partial charge < -0.3 is 9.47 Å². The number of benzene rings is 3. The average molecular weight is 370 g/mol. The van der Waals surface area contributed by atoms with Crippen LogP contribution in [0.3, 0.4) is 0 Å². The lowest BCUT2D eigenvalue weighted by Crippen LogP contribution is -2.29. The number of amides is 1. The van der Waals surface area contributed by atoms with E-state index < -0.39 is 0 Å². The van der Waals surface area contributed by atoms with Crippen LogP contribution in [0.15, 0.2) is 72.1 Å². The predicted molar refractivity (Wildman–Crippen MR) is 106 cm³/mol. The van der Waals surface area contributed by atoms with E-state index in [0.717, 1.165) is 27.6 Å². The molecule has 0 aromatic heterocycles. The highest BCUT2D eigenvalue weighted by molar-refractivity contribution is 5.90. The van der Waals surface area contributed by atoms with Crippen molar-refractivity contribution in [1.29, 1.82) is 5.26 Å². The molecule has 1 atom stereocenters. The summed E-state index contributed by atoms with van der Waals surface area (Å²) in [6.45, 7) is 1.39. The van der Waals surface area contributed by atoms with Gasteiger partial charge in [-0.3, -0.25) is 10.1 Å². The van der Waals surface area contributed by atoms with Crippen LogP contribution in [-0.4, -0.2) is 13.0 Å². The molecular weight excluding hydrogens is 352 g/mol. The third-order valence-corrected chi connectivity index (χ3v) is 4.82. The molecule has 3 aromatic rings. The van der Waals surface area contributed by atoms with Gasteiger partial charge >= 0.3 is 0 Å². The highest BCUT2D eigenvalue weighted by Gasteiger charge is 2.33. The average Bonchev–Trinajstić information content (AvgIpc) is 2.72. The molecule has 1 heterocycles. The largest absolute Gasteiger partial charge is 0.497 e. The van der Waals surface area contributed by atoms with Crippen LogP contribution in [0.1, 0.15) is 24.0 Å². The van der Waals surface area contributed by atoms with Gasteiger partial charge in [-0.15, -0.1) is 0 Å². The fraction of sp³-hybridized carbons (Fsp3) is 0.130. The Labute approximate surface area is 162 Å². The highest BCUT2D eigenvalue weighted by atomic mass is 16.5. The maximum atomic E-state index is 11.7. The summed E-state index contributed by atoms with van der Waals surface area (Å²) >= 11 is 0. The Morgan fingerprint density at radius 3 is 2.54 bits per heavy atom. The third kappa shape index (κ3) is 2.95. The Morgan fingerprint density at radius 2 is 1.86 bits per heavy atom. The zero-order valence-electron chi connectivity index (χ0n) is 15.5. The quantitative estimate of drug-likeness (QED) is 0.748. The molecule has 0 saturated heterocycles. The summed E-state index contributed by atoms with van der Waals surface area (Å²) in [5.74, 6) is 0.882. The van der Waals surface area contributed by atoms with Crippen molar-refractivity contribution in [2.24, 2.45) is 0 Å². The summed E-state index contributed by atoms with van der Waals surface area (Å²) in [6, 6.07) is 21.7. The first kappa shape index (κ1) is 17.6. The number of allylic oxidation sites excluding steroid dienone is 1. The second-order valence-corrected chi connectivity index (χ2v) is 6.54. The molecule has 0 fully saturated rings. The van der Waals surface area contributed by atoms with Gasteiger partial charge in [-0.1, -0.05) is 42.5 Å². The number of methoxy groups -OCH3 is 1. The van der Waals surface area contributed by atoms with Crippen molar-refractivity contribution < 1.29 is 14.3 Å². The van der Waals surface area contributed by atoms with E-state index in [1.807, 2.05) is 60.7 Å². The molecule has 0 saturated carbocycles. The number of hydrogen-bond donors (Lipinski definition) is 1. The van der Waals surface area contributed by atoms with Gasteiger partial charge in [-0.25, -0.2) is 0 Å². The number of carbonyl (C=O) groups excluding carboxylic acids is 1. The Morgan fingerprint density at radius 1 is 1.11 bits per heavy atom. The zero-order valence-corrected chi connectivity index (χ0v) is 15.5. The molecule has 5 heteroatoms. The van der Waals surface area contributed by atoms with E-state index in [0.29, 0.717) is 11.3 Å². The lowest BCUT2D eigenvalue weighted by molar-refractivity contribution is -0.118. The summed E-state index contributed by atoms with van der Waals surface area (Å²) < 4.78 is 11.2. The number of nitrogens with zero attached hydrogens (tertiary/aromatic N) is 1. The lowest BCUT2D eigenvalue weighted by Gasteiger charge is -2.29. The van der Waals surface area contributed by atoms with Crippen molar-refractivity contribution in [3.8, 4) is 17.6 Å². The third-order valence-electron chi connectivity index (χ3n) is 4.82. The smallest absolute Gasteiger partial charge is 0.223 e. The van der Waals surface area contributed by atoms with Gasteiger partial charge in [0.2, 0.25) is 11.8 Å². The Kier molecular flexibility index (Phi) is 4.46. The SMILES string of the molecule is COc1ccc(C2C(C#N)=C(NC(C)=O)Oc3ccc4ccccc4c32)cc1. The van der Waals surface area contributed by atoms with Crippen LogP contribution in [0.25, 0.3) is 10.8 Å². The molecule has 0 radical (unpaired) electrons. The summed E-state index contributed by atoms with van der Waals surface area (Å²) in [4.78, 5) is 11.7. The normalized spacial score (nSPS) is 15.4. The van der Waals surface area contributed by atoms with Crippen LogP contribution in [0.2, 0.25) is 0 Å². The molecule has 5 nitrogen and oxygen atoms in total. The molecule has 138 valence electrons. The zero-order chi connectivity index (χ0) is 19.7. The van der Waals surface area contributed by atoms with E-state index in [1.165, 1.54) is 6.92 Å². The van der Waals surface area contributed by atoms with Crippen LogP contribution < -0.4 is 14.8 Å². The second kappa shape index (κ2) is 7.09. The molecule has 1 unspecified atom stereocenters. The Balaban J connectivity index is 2.00. The molecule has 1 aliphatic rings. The van der Waals surface area contributed by atoms with Crippen molar-refractivity contribution in [2.45, 2.75) is 12.8 Å². The van der Waals surface area contributed by atoms with E-state index in [4.69, 9.17) is 9.47 Å². The summed E-state index contributed by atoms with van der Waals surface area (Å²) in [7, 11) is 1.61. The minimum absolute atomic E-state index is 0.179. The van der Waals surface area contributed by atoms with E-state index in [9.17, 15) is 10.1 Å². The summed E-state index contributed by atoms with van der Waals surface area (Å²) in [6.07, 6.45) is 0.